The summed E-state index contributed by atoms with van der Waals surface area (Å²) in [6.45, 7) is 4.68. The first-order chi connectivity index (χ1) is 11.6. The van der Waals surface area contributed by atoms with Crippen LogP contribution in [0.1, 0.15) is 22.3 Å². The van der Waals surface area contributed by atoms with Crippen LogP contribution in [0.4, 0.5) is 5.13 Å². The number of amides is 1. The van der Waals surface area contributed by atoms with Crippen LogP contribution in [0.25, 0.3) is 11.3 Å². The Balaban J connectivity index is 1.79. The van der Waals surface area contributed by atoms with E-state index >= 15 is 0 Å². The molecule has 3 aromatic rings. The minimum atomic E-state index is -0.253. The second kappa shape index (κ2) is 6.84. The van der Waals surface area contributed by atoms with Crippen LogP contribution in [0.3, 0.4) is 0 Å². The van der Waals surface area contributed by atoms with Gasteiger partial charge in [-0.15, -0.1) is 11.3 Å². The molecule has 1 N–H and O–H groups in total. The summed E-state index contributed by atoms with van der Waals surface area (Å²) in [4.78, 5) is 17.8. The number of aryl methyl sites for hydroxylation is 2. The summed E-state index contributed by atoms with van der Waals surface area (Å²) in [5.41, 5.74) is 2.23. The maximum Gasteiger partial charge on any atom is 0.277 e. The molecule has 2 heterocycles. The minimum absolute atomic E-state index is 0.253. The summed E-state index contributed by atoms with van der Waals surface area (Å²) in [6.07, 6.45) is 1.78. The number of thiazole rings is 1. The number of aromatic nitrogens is 3. The number of carbonyl (C=O) groups is 1. The molecule has 0 radical (unpaired) electrons. The molecular weight excluding hydrogens is 324 g/mol. The van der Waals surface area contributed by atoms with Crippen LogP contribution in [0.5, 0.6) is 5.75 Å². The zero-order chi connectivity index (χ0) is 17.1. The Morgan fingerprint density at radius 2 is 2.04 bits per heavy atom. The predicted octanol–water partition coefficient (Wildman–Crippen LogP) is 3.60. The number of hydrogen-bond donors (Lipinski definition) is 1. The molecule has 0 aliphatic heterocycles. The van der Waals surface area contributed by atoms with Crippen LogP contribution in [0, 0.1) is 6.92 Å². The summed E-state index contributed by atoms with van der Waals surface area (Å²) in [5, 5.41) is 7.58. The van der Waals surface area contributed by atoms with Gasteiger partial charge in [0.1, 0.15) is 5.75 Å². The third kappa shape index (κ3) is 3.30. The minimum Gasteiger partial charge on any atom is -0.497 e. The Hall–Kier alpha value is -2.67. The van der Waals surface area contributed by atoms with Crippen LogP contribution in [0.2, 0.25) is 0 Å². The van der Waals surface area contributed by atoms with Crippen molar-refractivity contribution in [2.45, 2.75) is 20.4 Å². The number of nitrogens with one attached hydrogen (secondary N) is 1. The lowest BCUT2D eigenvalue weighted by Crippen LogP contribution is -2.13. The second-order valence-electron chi connectivity index (χ2n) is 5.16. The summed E-state index contributed by atoms with van der Waals surface area (Å²) in [5.74, 6) is 0.545. The van der Waals surface area contributed by atoms with E-state index in [0.717, 1.165) is 28.4 Å². The van der Waals surface area contributed by atoms with Gasteiger partial charge in [-0.2, -0.15) is 5.10 Å². The molecule has 0 saturated carbocycles. The lowest BCUT2D eigenvalue weighted by Gasteiger charge is -2.01. The van der Waals surface area contributed by atoms with E-state index in [0.29, 0.717) is 10.8 Å². The largest absolute Gasteiger partial charge is 0.497 e. The molecule has 124 valence electrons. The molecule has 1 amide bonds. The average molecular weight is 342 g/mol. The molecule has 6 nitrogen and oxygen atoms in total. The quantitative estimate of drug-likeness (QED) is 0.769. The molecule has 0 fully saturated rings. The van der Waals surface area contributed by atoms with Gasteiger partial charge in [-0.1, -0.05) is 0 Å². The van der Waals surface area contributed by atoms with E-state index in [1.165, 1.54) is 11.3 Å². The van der Waals surface area contributed by atoms with Gasteiger partial charge in [-0.3, -0.25) is 14.8 Å². The van der Waals surface area contributed by atoms with Crippen LogP contribution >= 0.6 is 11.3 Å². The molecule has 0 atom stereocenters. The third-order valence-corrected chi connectivity index (χ3v) is 4.46. The molecule has 1 aromatic carbocycles. The SMILES string of the molecule is CCn1ccc(C(=O)Nc2nc(-c3ccc(OC)cc3)c(C)s2)n1. The highest BCUT2D eigenvalue weighted by atomic mass is 32.1. The van der Waals surface area contributed by atoms with E-state index in [4.69, 9.17) is 4.74 Å². The number of hydrogen-bond acceptors (Lipinski definition) is 5. The molecule has 0 bridgehead atoms. The normalized spacial score (nSPS) is 10.6. The van der Waals surface area contributed by atoms with E-state index < -0.39 is 0 Å². The maximum atomic E-state index is 12.2. The van der Waals surface area contributed by atoms with E-state index in [1.54, 1.807) is 24.1 Å². The molecule has 0 unspecified atom stereocenters. The van der Waals surface area contributed by atoms with Crippen molar-refractivity contribution in [1.29, 1.82) is 0 Å². The van der Waals surface area contributed by atoms with Gasteiger partial charge in [0.05, 0.1) is 12.8 Å². The first-order valence-electron chi connectivity index (χ1n) is 7.57. The number of ether oxygens (including phenoxy) is 1. The summed E-state index contributed by atoms with van der Waals surface area (Å²) >= 11 is 1.45. The van der Waals surface area contributed by atoms with Gasteiger partial charge in [-0.25, -0.2) is 4.98 Å². The predicted molar refractivity (Wildman–Crippen MR) is 94.7 cm³/mol. The Kier molecular flexibility index (Phi) is 4.61. The second-order valence-corrected chi connectivity index (χ2v) is 6.37. The highest BCUT2D eigenvalue weighted by molar-refractivity contribution is 7.16. The number of anilines is 1. The number of nitrogens with zero attached hydrogens (tertiary/aromatic N) is 3. The van der Waals surface area contributed by atoms with Crippen molar-refractivity contribution < 1.29 is 9.53 Å². The van der Waals surface area contributed by atoms with E-state index in [9.17, 15) is 4.79 Å². The number of rotatable bonds is 5. The summed E-state index contributed by atoms with van der Waals surface area (Å²) < 4.78 is 6.88. The Labute approximate surface area is 144 Å². The van der Waals surface area contributed by atoms with Crippen LogP contribution in [-0.2, 0) is 6.54 Å². The molecule has 0 saturated heterocycles. The monoisotopic (exact) mass is 342 g/mol. The van der Waals surface area contributed by atoms with Gasteiger partial charge in [0.2, 0.25) is 0 Å². The first kappa shape index (κ1) is 16.2. The average Bonchev–Trinajstić information content (AvgIpc) is 3.21. The van der Waals surface area contributed by atoms with Gasteiger partial charge in [0, 0.05) is 23.2 Å². The third-order valence-electron chi connectivity index (χ3n) is 3.58. The van der Waals surface area contributed by atoms with Gasteiger partial charge < -0.3 is 4.74 Å². The Morgan fingerprint density at radius 1 is 1.29 bits per heavy atom. The molecule has 7 heteroatoms. The topological polar surface area (TPSA) is 69.0 Å². The number of carbonyl (C=O) groups excluding carboxylic acids is 1. The molecule has 0 aliphatic carbocycles. The van der Waals surface area contributed by atoms with Crippen molar-refractivity contribution in [3.8, 4) is 17.0 Å². The fraction of sp³-hybridized carbons (Fsp3) is 0.235. The van der Waals surface area contributed by atoms with Crippen LogP contribution in [-0.4, -0.2) is 27.8 Å². The van der Waals surface area contributed by atoms with Crippen molar-refractivity contribution in [2.75, 3.05) is 12.4 Å². The van der Waals surface area contributed by atoms with Crippen molar-refractivity contribution in [2.24, 2.45) is 0 Å². The van der Waals surface area contributed by atoms with Crippen LogP contribution in [0.15, 0.2) is 36.5 Å². The van der Waals surface area contributed by atoms with E-state index in [2.05, 4.69) is 15.4 Å². The standard InChI is InChI=1S/C17H18N4O2S/c1-4-21-10-9-14(20-21)16(22)19-17-18-15(11(2)24-17)12-5-7-13(23-3)8-6-12/h5-10H,4H2,1-3H3,(H,18,19,22). The van der Waals surface area contributed by atoms with Gasteiger partial charge in [0.25, 0.3) is 5.91 Å². The lowest BCUT2D eigenvalue weighted by atomic mass is 10.1. The molecule has 2 aromatic heterocycles. The van der Waals surface area contributed by atoms with Crippen molar-refractivity contribution in [1.82, 2.24) is 14.8 Å². The number of benzene rings is 1. The summed E-state index contributed by atoms with van der Waals surface area (Å²) in [6, 6.07) is 9.39. The Bertz CT molecular complexity index is 852. The lowest BCUT2D eigenvalue weighted by molar-refractivity contribution is 0.102. The zero-order valence-electron chi connectivity index (χ0n) is 13.7. The van der Waals surface area contributed by atoms with E-state index in [-0.39, 0.29) is 5.91 Å². The Morgan fingerprint density at radius 3 is 2.67 bits per heavy atom. The highest BCUT2D eigenvalue weighted by Crippen LogP contribution is 2.31. The molecule has 3 rings (SSSR count). The number of methoxy groups -OCH3 is 1. The fourth-order valence-corrected chi connectivity index (χ4v) is 3.12. The molecule has 0 spiro atoms. The maximum absolute atomic E-state index is 12.2. The first-order valence-corrected chi connectivity index (χ1v) is 8.39. The molecule has 24 heavy (non-hydrogen) atoms. The zero-order valence-corrected chi connectivity index (χ0v) is 14.6. The van der Waals surface area contributed by atoms with Crippen molar-refractivity contribution in [3.63, 3.8) is 0 Å². The van der Waals surface area contributed by atoms with Gasteiger partial charge >= 0.3 is 0 Å². The van der Waals surface area contributed by atoms with Crippen LogP contribution < -0.4 is 10.1 Å². The van der Waals surface area contributed by atoms with Crippen molar-refractivity contribution >= 4 is 22.4 Å². The van der Waals surface area contributed by atoms with Gasteiger partial charge in [-0.05, 0) is 44.2 Å². The fourth-order valence-electron chi connectivity index (χ4n) is 2.29. The molecule has 0 aliphatic rings. The van der Waals surface area contributed by atoms with E-state index in [1.807, 2.05) is 38.1 Å². The summed E-state index contributed by atoms with van der Waals surface area (Å²) in [7, 11) is 1.64. The smallest absolute Gasteiger partial charge is 0.277 e. The van der Waals surface area contributed by atoms with Crippen molar-refractivity contribution in [3.05, 3.63) is 47.1 Å². The van der Waals surface area contributed by atoms with Gasteiger partial charge in [0.15, 0.2) is 10.8 Å². The highest BCUT2D eigenvalue weighted by Gasteiger charge is 2.15. The molecular formula is C17H18N4O2S.